The smallest absolute Gasteiger partial charge is 0.336 e. The Morgan fingerprint density at radius 3 is 2.54 bits per heavy atom. The van der Waals surface area contributed by atoms with Gasteiger partial charge in [0.15, 0.2) is 0 Å². The van der Waals surface area contributed by atoms with E-state index in [1.165, 1.54) is 6.07 Å². The fraction of sp³-hybridized carbons (Fsp3) is 0.444. The number of ether oxygens (including phenoxy) is 1. The summed E-state index contributed by atoms with van der Waals surface area (Å²) in [4.78, 5) is 23.7. The van der Waals surface area contributed by atoms with Crippen LogP contribution in [-0.2, 0) is 11.2 Å². The van der Waals surface area contributed by atoms with Crippen molar-refractivity contribution in [1.82, 2.24) is 0 Å². The van der Waals surface area contributed by atoms with Crippen LogP contribution in [-0.4, -0.2) is 12.0 Å². The van der Waals surface area contributed by atoms with Crippen molar-refractivity contribution >= 4 is 16.9 Å². The molecule has 0 fully saturated rings. The van der Waals surface area contributed by atoms with Crippen molar-refractivity contribution in [2.75, 3.05) is 0 Å². The zero-order valence-electron chi connectivity index (χ0n) is 14.4. The van der Waals surface area contributed by atoms with Gasteiger partial charge in [-0.25, -0.2) is 9.59 Å². The van der Waals surface area contributed by atoms with Gasteiger partial charge in [0.05, 0.1) is 0 Å². The Morgan fingerprint density at radius 1 is 1.29 bits per heavy atom. The molecule has 0 spiro atoms. The Bertz CT molecular complexity index is 782. The molecule has 1 unspecified atom stereocenters. The summed E-state index contributed by atoms with van der Waals surface area (Å²) in [5, 5.41) is 0.840. The summed E-state index contributed by atoms with van der Waals surface area (Å²) in [6.07, 6.45) is 1.25. The van der Waals surface area contributed by atoms with Crippen LogP contribution in [0, 0.1) is 12.8 Å². The van der Waals surface area contributed by atoms with E-state index in [0.29, 0.717) is 30.1 Å². The minimum Gasteiger partial charge on any atom is -1.00 e. The third-order valence-electron chi connectivity index (χ3n) is 3.75. The topological polar surface area (TPSA) is 82.5 Å². The SMILES string of the molecule is CCc1cc2c(C)cc(=O)oc2cc1OC(=O)C(N)CC(C)C.[Cl-]. The fourth-order valence-electron chi connectivity index (χ4n) is 2.55. The molecule has 2 rings (SSSR count). The third kappa shape index (κ3) is 4.58. The Morgan fingerprint density at radius 2 is 1.96 bits per heavy atom. The van der Waals surface area contributed by atoms with Crippen LogP contribution in [0.25, 0.3) is 11.0 Å². The highest BCUT2D eigenvalue weighted by atomic mass is 35.5. The minimum absolute atomic E-state index is 0. The Kier molecular flexibility index (Phi) is 6.99. The summed E-state index contributed by atoms with van der Waals surface area (Å²) in [6.45, 7) is 7.82. The molecule has 1 heterocycles. The Labute approximate surface area is 147 Å². The first-order valence-electron chi connectivity index (χ1n) is 7.86. The molecular formula is C18H23ClNO4-. The highest BCUT2D eigenvalue weighted by molar-refractivity contribution is 5.85. The number of esters is 1. The summed E-state index contributed by atoms with van der Waals surface area (Å²) in [5.41, 5.74) is 7.57. The second-order valence-corrected chi connectivity index (χ2v) is 6.22. The Hall–Kier alpha value is -1.85. The highest BCUT2D eigenvalue weighted by Gasteiger charge is 2.19. The van der Waals surface area contributed by atoms with Gasteiger partial charge >= 0.3 is 11.6 Å². The standard InChI is InChI=1S/C18H23NO4.ClH/c1-5-12-8-13-11(4)7-17(20)22-16(13)9-15(12)23-18(21)14(19)6-10(2)3;/h7-10,14H,5-6,19H2,1-4H3;1H/p-1. The summed E-state index contributed by atoms with van der Waals surface area (Å²) in [5.74, 6) is 0.237. The molecule has 1 aromatic carbocycles. The lowest BCUT2D eigenvalue weighted by atomic mass is 10.0. The number of aryl methyl sites for hydroxylation is 2. The van der Waals surface area contributed by atoms with Crippen LogP contribution in [0.3, 0.4) is 0 Å². The zero-order chi connectivity index (χ0) is 17.1. The quantitative estimate of drug-likeness (QED) is 0.463. The van der Waals surface area contributed by atoms with Crippen LogP contribution in [0.15, 0.2) is 27.4 Å². The zero-order valence-corrected chi connectivity index (χ0v) is 15.1. The molecule has 2 N–H and O–H groups in total. The summed E-state index contributed by atoms with van der Waals surface area (Å²) in [6, 6.07) is 4.28. The van der Waals surface area contributed by atoms with Crippen molar-refractivity contribution in [3.63, 3.8) is 0 Å². The van der Waals surface area contributed by atoms with E-state index in [9.17, 15) is 9.59 Å². The first kappa shape index (κ1) is 20.2. The van der Waals surface area contributed by atoms with Crippen LogP contribution < -0.4 is 28.5 Å². The van der Waals surface area contributed by atoms with Crippen LogP contribution >= 0.6 is 0 Å². The van der Waals surface area contributed by atoms with Crippen molar-refractivity contribution in [3.8, 4) is 5.75 Å². The van der Waals surface area contributed by atoms with Gasteiger partial charge in [-0.3, -0.25) is 0 Å². The molecule has 0 saturated heterocycles. The number of rotatable bonds is 5. The van der Waals surface area contributed by atoms with Gasteiger partial charge in [-0.05, 0) is 42.9 Å². The lowest BCUT2D eigenvalue weighted by Crippen LogP contribution is -3.00. The first-order valence-corrected chi connectivity index (χ1v) is 7.86. The molecule has 132 valence electrons. The predicted molar refractivity (Wildman–Crippen MR) is 89.7 cm³/mol. The maximum Gasteiger partial charge on any atom is 0.336 e. The molecular weight excluding hydrogens is 330 g/mol. The summed E-state index contributed by atoms with van der Waals surface area (Å²) < 4.78 is 10.7. The molecule has 1 aromatic heterocycles. The highest BCUT2D eigenvalue weighted by Crippen LogP contribution is 2.28. The number of hydrogen-bond donors (Lipinski definition) is 1. The van der Waals surface area contributed by atoms with Gasteiger partial charge in [-0.1, -0.05) is 20.8 Å². The first-order chi connectivity index (χ1) is 10.8. The monoisotopic (exact) mass is 352 g/mol. The predicted octanol–water partition coefficient (Wildman–Crippen LogP) is -0.0534. The molecule has 0 aliphatic heterocycles. The van der Waals surface area contributed by atoms with E-state index < -0.39 is 17.6 Å². The number of carbonyl (C=O) groups is 1. The molecule has 24 heavy (non-hydrogen) atoms. The molecule has 0 aliphatic rings. The third-order valence-corrected chi connectivity index (χ3v) is 3.75. The fourth-order valence-corrected chi connectivity index (χ4v) is 2.55. The average Bonchev–Trinajstić information content (AvgIpc) is 2.45. The van der Waals surface area contributed by atoms with Crippen LogP contribution in [0.4, 0.5) is 0 Å². The lowest BCUT2D eigenvalue weighted by molar-refractivity contribution is -0.136. The molecule has 0 bridgehead atoms. The van der Waals surface area contributed by atoms with Gasteiger partial charge in [0.2, 0.25) is 0 Å². The molecule has 0 amide bonds. The van der Waals surface area contributed by atoms with E-state index in [2.05, 4.69) is 0 Å². The van der Waals surface area contributed by atoms with Crippen molar-refractivity contribution in [2.24, 2.45) is 11.7 Å². The van der Waals surface area contributed by atoms with Gasteiger partial charge < -0.3 is 27.3 Å². The molecule has 1 atom stereocenters. The maximum atomic E-state index is 12.1. The molecule has 0 radical (unpaired) electrons. The number of fused-ring (bicyclic) bond motifs is 1. The second-order valence-electron chi connectivity index (χ2n) is 6.22. The van der Waals surface area contributed by atoms with Crippen LogP contribution in [0.5, 0.6) is 5.75 Å². The summed E-state index contributed by atoms with van der Waals surface area (Å²) in [7, 11) is 0. The van der Waals surface area contributed by atoms with E-state index >= 15 is 0 Å². The van der Waals surface area contributed by atoms with E-state index in [1.807, 2.05) is 33.8 Å². The van der Waals surface area contributed by atoms with Gasteiger partial charge in [0.25, 0.3) is 0 Å². The molecule has 6 heteroatoms. The van der Waals surface area contributed by atoms with E-state index in [1.54, 1.807) is 6.07 Å². The maximum absolute atomic E-state index is 12.1. The summed E-state index contributed by atoms with van der Waals surface area (Å²) >= 11 is 0. The number of benzene rings is 1. The number of carbonyl (C=O) groups excluding carboxylic acids is 1. The van der Waals surface area contributed by atoms with Gasteiger partial charge in [0.1, 0.15) is 17.4 Å². The largest absolute Gasteiger partial charge is 1.00 e. The number of halogens is 1. The van der Waals surface area contributed by atoms with Crippen molar-refractivity contribution in [3.05, 3.63) is 39.7 Å². The second kappa shape index (κ2) is 8.31. The van der Waals surface area contributed by atoms with Gasteiger partial charge in [0, 0.05) is 17.5 Å². The van der Waals surface area contributed by atoms with E-state index in [4.69, 9.17) is 14.9 Å². The minimum atomic E-state index is -0.667. The van der Waals surface area contributed by atoms with Crippen molar-refractivity contribution in [2.45, 2.75) is 46.6 Å². The van der Waals surface area contributed by atoms with Crippen molar-refractivity contribution < 1.29 is 26.4 Å². The number of hydrogen-bond acceptors (Lipinski definition) is 5. The van der Waals surface area contributed by atoms with Gasteiger partial charge in [-0.2, -0.15) is 0 Å². The van der Waals surface area contributed by atoms with E-state index in [0.717, 1.165) is 16.5 Å². The normalized spacial score (nSPS) is 12.1. The molecule has 0 saturated carbocycles. The molecule has 0 aliphatic carbocycles. The van der Waals surface area contributed by atoms with Crippen LogP contribution in [0.1, 0.15) is 38.3 Å². The van der Waals surface area contributed by atoms with Gasteiger partial charge in [-0.15, -0.1) is 0 Å². The average molecular weight is 353 g/mol. The van der Waals surface area contributed by atoms with Crippen LogP contribution in [0.2, 0.25) is 0 Å². The number of nitrogens with two attached hydrogens (primary N) is 1. The lowest BCUT2D eigenvalue weighted by Gasteiger charge is -2.15. The molecule has 5 nitrogen and oxygen atoms in total. The molecule has 2 aromatic rings. The van der Waals surface area contributed by atoms with Crippen molar-refractivity contribution in [1.29, 1.82) is 0 Å². The van der Waals surface area contributed by atoms with E-state index in [-0.39, 0.29) is 12.4 Å². The Balaban J connectivity index is 0.00000288.